The van der Waals surface area contributed by atoms with E-state index in [-0.39, 0.29) is 50.5 Å². The predicted octanol–water partition coefficient (Wildman–Crippen LogP) is 5.95. The first kappa shape index (κ1) is 26.6. The molecule has 0 bridgehead atoms. The Hall–Kier alpha value is -2.97. The number of carboxylic acids is 1. The molecule has 2 amide bonds. The molecule has 35 heavy (non-hydrogen) atoms. The number of hydrogen-bond donors (Lipinski definition) is 3. The summed E-state index contributed by atoms with van der Waals surface area (Å²) in [5.74, 6) is -1.75. The molecule has 2 aromatic rings. The number of amides is 2. The Balaban J connectivity index is 1.77. The van der Waals surface area contributed by atoms with Gasteiger partial charge >= 0.3 is 5.97 Å². The van der Waals surface area contributed by atoms with Crippen molar-refractivity contribution in [3.05, 3.63) is 45.9 Å². The number of anilines is 1. The minimum absolute atomic E-state index is 0.0274. The minimum Gasteiger partial charge on any atom is -0.507 e. The van der Waals surface area contributed by atoms with Crippen molar-refractivity contribution in [2.24, 2.45) is 5.92 Å². The summed E-state index contributed by atoms with van der Waals surface area (Å²) in [4.78, 5) is 37.2. The van der Waals surface area contributed by atoms with E-state index in [0.29, 0.717) is 5.92 Å². The second-order valence-electron chi connectivity index (χ2n) is 8.72. The van der Waals surface area contributed by atoms with Gasteiger partial charge in [0.05, 0.1) is 15.6 Å². The van der Waals surface area contributed by atoms with Crippen LogP contribution in [0.4, 0.5) is 5.69 Å². The van der Waals surface area contributed by atoms with E-state index in [1.807, 2.05) is 6.92 Å². The minimum atomic E-state index is -1.27. The lowest BCUT2D eigenvalue weighted by atomic mass is 9.84. The molecule has 3 N–H and O–H groups in total. The van der Waals surface area contributed by atoms with E-state index in [4.69, 9.17) is 33.0 Å². The van der Waals surface area contributed by atoms with Crippen LogP contribution in [0.5, 0.6) is 17.2 Å². The van der Waals surface area contributed by atoms with Gasteiger partial charge in [-0.2, -0.15) is 0 Å². The maximum atomic E-state index is 13.2. The van der Waals surface area contributed by atoms with Crippen molar-refractivity contribution in [3.8, 4) is 17.2 Å². The van der Waals surface area contributed by atoms with Crippen LogP contribution in [0.2, 0.25) is 10.0 Å². The van der Waals surface area contributed by atoms with E-state index < -0.39 is 18.3 Å². The van der Waals surface area contributed by atoms with Crippen LogP contribution in [-0.2, 0) is 9.59 Å². The summed E-state index contributed by atoms with van der Waals surface area (Å²) in [6.07, 6.45) is 5.01. The summed E-state index contributed by atoms with van der Waals surface area (Å²) in [5.41, 5.74) is 0.302. The number of carboxylic acid groups (broad SMARTS) is 1. The molecule has 1 fully saturated rings. The van der Waals surface area contributed by atoms with Crippen LogP contribution in [0.15, 0.2) is 30.3 Å². The summed E-state index contributed by atoms with van der Waals surface area (Å²) in [5, 5.41) is 21.6. The molecule has 1 atom stereocenters. The second-order valence-corrected chi connectivity index (χ2v) is 9.54. The number of carbonyl (C=O) groups is 3. The average Bonchev–Trinajstić information content (AvgIpc) is 2.81. The van der Waals surface area contributed by atoms with Crippen LogP contribution < -0.4 is 10.1 Å². The summed E-state index contributed by atoms with van der Waals surface area (Å²) in [7, 11) is 1.74. The molecule has 0 heterocycles. The van der Waals surface area contributed by atoms with Crippen LogP contribution >= 0.6 is 23.2 Å². The van der Waals surface area contributed by atoms with E-state index in [1.54, 1.807) is 11.9 Å². The van der Waals surface area contributed by atoms with Gasteiger partial charge in [0.1, 0.15) is 17.9 Å². The van der Waals surface area contributed by atoms with E-state index in [0.717, 1.165) is 25.7 Å². The number of ether oxygens (including phenoxy) is 1. The zero-order chi connectivity index (χ0) is 25.7. The van der Waals surface area contributed by atoms with Crippen LogP contribution in [-0.4, -0.2) is 46.0 Å². The molecular formula is C25H28Cl2N2O6. The Morgan fingerprint density at radius 2 is 1.74 bits per heavy atom. The smallest absolute Gasteiger partial charge is 0.312 e. The number of aromatic hydroxyl groups is 1. The summed E-state index contributed by atoms with van der Waals surface area (Å²) in [6.45, 7) is 2.03. The zero-order valence-electron chi connectivity index (χ0n) is 19.5. The number of aliphatic carboxylic acids is 1. The third-order valence-corrected chi connectivity index (χ3v) is 6.84. The fourth-order valence-electron chi connectivity index (χ4n) is 4.25. The first-order valence-electron chi connectivity index (χ1n) is 11.4. The predicted molar refractivity (Wildman–Crippen MR) is 134 cm³/mol. The standard InChI is InChI=1S/C25H28Cl2N2O6/c1-14(15-6-4-3-5-7-15)29(2)25(34)18-12-17(8-9-21(18)30)35-24-19(26)10-16(11-20(24)27)28-22(31)13-23(32)33/h8-12,14-15,30H,3-7,13H2,1-2H3,(H,28,31)(H,32,33)/t14-/m0/s1. The topological polar surface area (TPSA) is 116 Å². The molecule has 1 aliphatic carbocycles. The number of hydrogen-bond acceptors (Lipinski definition) is 5. The lowest BCUT2D eigenvalue weighted by molar-refractivity contribution is -0.139. The van der Waals surface area contributed by atoms with Crippen LogP contribution in [0.25, 0.3) is 0 Å². The lowest BCUT2D eigenvalue weighted by Gasteiger charge is -2.34. The maximum Gasteiger partial charge on any atom is 0.312 e. The van der Waals surface area contributed by atoms with Gasteiger partial charge in [-0.15, -0.1) is 0 Å². The molecule has 8 nitrogen and oxygen atoms in total. The van der Waals surface area contributed by atoms with Crippen molar-refractivity contribution in [2.45, 2.75) is 51.5 Å². The first-order valence-corrected chi connectivity index (χ1v) is 12.1. The Kier molecular flexibility index (Phi) is 8.86. The molecule has 0 radical (unpaired) electrons. The van der Waals surface area contributed by atoms with E-state index in [2.05, 4.69) is 5.32 Å². The molecule has 188 valence electrons. The van der Waals surface area contributed by atoms with E-state index in [1.165, 1.54) is 36.8 Å². The van der Waals surface area contributed by atoms with Gasteiger partial charge in [-0.05, 0) is 56.0 Å². The Morgan fingerprint density at radius 3 is 2.34 bits per heavy atom. The van der Waals surface area contributed by atoms with Crippen molar-refractivity contribution in [2.75, 3.05) is 12.4 Å². The molecule has 0 spiro atoms. The van der Waals surface area contributed by atoms with Gasteiger partial charge in [0.15, 0.2) is 5.75 Å². The highest BCUT2D eigenvalue weighted by Gasteiger charge is 2.28. The molecule has 0 aliphatic heterocycles. The van der Waals surface area contributed by atoms with Gasteiger partial charge < -0.3 is 25.2 Å². The van der Waals surface area contributed by atoms with Crippen LogP contribution in [0.3, 0.4) is 0 Å². The Morgan fingerprint density at radius 1 is 1.11 bits per heavy atom. The van der Waals surface area contributed by atoms with Gasteiger partial charge in [-0.1, -0.05) is 42.5 Å². The number of carbonyl (C=O) groups excluding carboxylic acids is 2. The molecule has 1 aliphatic rings. The van der Waals surface area contributed by atoms with Gasteiger partial charge in [0.25, 0.3) is 5.91 Å². The second kappa shape index (κ2) is 11.6. The van der Waals surface area contributed by atoms with Crippen LogP contribution in [0.1, 0.15) is 55.8 Å². The third kappa shape index (κ3) is 6.80. The first-order chi connectivity index (χ1) is 16.6. The maximum absolute atomic E-state index is 13.2. The molecule has 2 aromatic carbocycles. The summed E-state index contributed by atoms with van der Waals surface area (Å²) < 4.78 is 5.81. The highest BCUT2D eigenvalue weighted by molar-refractivity contribution is 6.37. The van der Waals surface area contributed by atoms with E-state index in [9.17, 15) is 19.5 Å². The summed E-state index contributed by atoms with van der Waals surface area (Å²) >= 11 is 12.6. The molecule has 1 saturated carbocycles. The number of nitrogens with zero attached hydrogens (tertiary/aromatic N) is 1. The van der Waals surface area contributed by atoms with Crippen molar-refractivity contribution in [1.29, 1.82) is 0 Å². The Labute approximate surface area is 213 Å². The van der Waals surface area contributed by atoms with Crippen molar-refractivity contribution in [1.82, 2.24) is 4.90 Å². The number of halogens is 2. The normalized spacial score (nSPS) is 14.7. The fraction of sp³-hybridized carbons (Fsp3) is 0.400. The number of phenols is 1. The van der Waals surface area contributed by atoms with Gasteiger partial charge in [0.2, 0.25) is 5.91 Å². The highest BCUT2D eigenvalue weighted by Crippen LogP contribution is 2.40. The van der Waals surface area contributed by atoms with Gasteiger partial charge in [0, 0.05) is 18.8 Å². The lowest BCUT2D eigenvalue weighted by Crippen LogP contribution is -2.40. The molecule has 0 saturated heterocycles. The van der Waals surface area contributed by atoms with E-state index >= 15 is 0 Å². The van der Waals surface area contributed by atoms with Crippen LogP contribution in [0, 0.1) is 5.92 Å². The monoisotopic (exact) mass is 522 g/mol. The van der Waals surface area contributed by atoms with Gasteiger partial charge in [-0.25, -0.2) is 0 Å². The van der Waals surface area contributed by atoms with Crippen molar-refractivity contribution < 1.29 is 29.3 Å². The molecule has 0 unspecified atom stereocenters. The molecule has 10 heteroatoms. The fourth-order valence-corrected chi connectivity index (χ4v) is 4.81. The zero-order valence-corrected chi connectivity index (χ0v) is 21.0. The number of phenolic OH excluding ortho intramolecular Hbond substituents is 1. The molecule has 3 rings (SSSR count). The summed E-state index contributed by atoms with van der Waals surface area (Å²) in [6, 6.07) is 7.04. The van der Waals surface area contributed by atoms with Gasteiger partial charge in [-0.3, -0.25) is 14.4 Å². The molecule has 0 aromatic heterocycles. The number of rotatable bonds is 8. The molecular weight excluding hydrogens is 495 g/mol. The number of nitrogens with one attached hydrogen (secondary N) is 1. The Bertz CT molecular complexity index is 1090. The van der Waals surface area contributed by atoms with Crippen molar-refractivity contribution >= 4 is 46.7 Å². The SMILES string of the molecule is C[C@@H](C1CCCCC1)N(C)C(=O)c1cc(Oc2c(Cl)cc(NC(=O)CC(=O)O)cc2Cl)ccc1O. The average molecular weight is 523 g/mol. The quantitative estimate of drug-likeness (QED) is 0.369. The van der Waals surface area contributed by atoms with Crippen molar-refractivity contribution in [3.63, 3.8) is 0 Å². The highest BCUT2D eigenvalue weighted by atomic mass is 35.5. The third-order valence-electron chi connectivity index (χ3n) is 6.28. The largest absolute Gasteiger partial charge is 0.507 e. The number of benzene rings is 2.